The van der Waals surface area contributed by atoms with E-state index in [1.165, 1.54) is 0 Å². The third kappa shape index (κ3) is 4.13. The van der Waals surface area contributed by atoms with Gasteiger partial charge in [0.05, 0.1) is 22.1 Å². The van der Waals surface area contributed by atoms with Crippen molar-refractivity contribution in [3.63, 3.8) is 0 Å². The second kappa shape index (κ2) is 8.12. The Hall–Kier alpha value is -1.36. The summed E-state index contributed by atoms with van der Waals surface area (Å²) < 4.78 is 13.0. The highest BCUT2D eigenvalue weighted by Gasteiger charge is 2.40. The van der Waals surface area contributed by atoms with Gasteiger partial charge in [-0.1, -0.05) is 8.98 Å². The van der Waals surface area contributed by atoms with Gasteiger partial charge in [0, 0.05) is 6.04 Å². The smallest absolute Gasteiger partial charge is 0.352 e. The first-order valence-electron chi connectivity index (χ1n) is 7.74. The van der Waals surface area contributed by atoms with Gasteiger partial charge in [0.25, 0.3) is 5.91 Å². The van der Waals surface area contributed by atoms with Gasteiger partial charge in [-0.15, -0.1) is 33.4 Å². The van der Waals surface area contributed by atoms with Crippen LogP contribution in [0.25, 0.3) is 0 Å². The summed E-state index contributed by atoms with van der Waals surface area (Å²) in [6.45, 7) is 3.40. The number of carbonyl (C=O) groups is 2. The van der Waals surface area contributed by atoms with Crippen molar-refractivity contribution in [1.29, 1.82) is 0 Å². The SMILES string of the molecule is Cc1nnsc1C(=O)NC1CC(Cl)C(OC(=O)c2snnc2C)C(Cl)C1. The molecule has 2 unspecified atom stereocenters. The Labute approximate surface area is 167 Å². The maximum atomic E-state index is 12.3. The molecule has 2 heterocycles. The molecule has 1 amide bonds. The van der Waals surface area contributed by atoms with Crippen molar-refractivity contribution < 1.29 is 14.3 Å². The normalized spacial score (nSPS) is 25.7. The summed E-state index contributed by atoms with van der Waals surface area (Å²) in [5, 5.41) is 9.46. The van der Waals surface area contributed by atoms with Gasteiger partial charge in [-0.2, -0.15) is 0 Å². The second-order valence-electron chi connectivity index (χ2n) is 5.92. The molecule has 26 heavy (non-hydrogen) atoms. The van der Waals surface area contributed by atoms with E-state index < -0.39 is 22.8 Å². The third-order valence-corrected chi connectivity index (χ3v) is 6.49. The molecule has 0 aliphatic heterocycles. The number of halogens is 2. The highest BCUT2D eigenvalue weighted by Crippen LogP contribution is 2.31. The Morgan fingerprint density at radius 1 is 1.04 bits per heavy atom. The number of alkyl halides is 2. The van der Waals surface area contributed by atoms with E-state index in [1.807, 2.05) is 0 Å². The van der Waals surface area contributed by atoms with Crippen molar-refractivity contribution >= 4 is 58.1 Å². The van der Waals surface area contributed by atoms with Crippen molar-refractivity contribution in [2.75, 3.05) is 0 Å². The second-order valence-corrected chi connectivity index (χ2v) is 8.55. The molecule has 0 radical (unpaired) electrons. The van der Waals surface area contributed by atoms with Crippen LogP contribution in [0.5, 0.6) is 0 Å². The molecule has 1 saturated carbocycles. The first-order valence-corrected chi connectivity index (χ1v) is 10.2. The minimum atomic E-state index is -0.660. The lowest BCUT2D eigenvalue weighted by Gasteiger charge is -2.36. The van der Waals surface area contributed by atoms with Crippen LogP contribution in [0.1, 0.15) is 43.6 Å². The van der Waals surface area contributed by atoms with Crippen molar-refractivity contribution in [2.45, 2.75) is 49.6 Å². The zero-order chi connectivity index (χ0) is 18.8. The summed E-state index contributed by atoms with van der Waals surface area (Å²) >= 11 is 14.8. The number of aromatic nitrogens is 4. The predicted octanol–water partition coefficient (Wildman–Crippen LogP) is 2.34. The molecule has 1 aliphatic rings. The number of esters is 1. The molecule has 0 bridgehead atoms. The van der Waals surface area contributed by atoms with Crippen LogP contribution in [0.3, 0.4) is 0 Å². The van der Waals surface area contributed by atoms with Crippen LogP contribution in [-0.2, 0) is 4.74 Å². The zero-order valence-electron chi connectivity index (χ0n) is 13.8. The first kappa shape index (κ1) is 19.4. The lowest BCUT2D eigenvalue weighted by Crippen LogP contribution is -2.49. The average Bonchev–Trinajstić information content (AvgIpc) is 3.19. The van der Waals surface area contributed by atoms with Crippen LogP contribution >= 0.6 is 46.3 Å². The monoisotopic (exact) mass is 435 g/mol. The average molecular weight is 436 g/mol. The molecule has 3 rings (SSSR count). The highest BCUT2D eigenvalue weighted by molar-refractivity contribution is 7.08. The van der Waals surface area contributed by atoms with Crippen LogP contribution in [0.2, 0.25) is 0 Å². The van der Waals surface area contributed by atoms with Gasteiger partial charge in [-0.05, 0) is 49.8 Å². The number of nitrogens with zero attached hydrogens (tertiary/aromatic N) is 4. The van der Waals surface area contributed by atoms with Crippen LogP contribution in [0, 0.1) is 13.8 Å². The Kier molecular flexibility index (Phi) is 6.06. The van der Waals surface area contributed by atoms with Crippen molar-refractivity contribution in [3.05, 3.63) is 21.1 Å². The van der Waals surface area contributed by atoms with E-state index in [9.17, 15) is 9.59 Å². The topological polar surface area (TPSA) is 107 Å². The molecular formula is C14H15Cl2N5O3S2. The number of hydrogen-bond acceptors (Lipinski definition) is 9. The summed E-state index contributed by atoms with van der Waals surface area (Å²) in [6, 6.07) is -0.226. The fraction of sp³-hybridized carbons (Fsp3) is 0.571. The zero-order valence-corrected chi connectivity index (χ0v) is 17.0. The van der Waals surface area contributed by atoms with E-state index in [0.717, 1.165) is 23.1 Å². The lowest BCUT2D eigenvalue weighted by atomic mass is 9.91. The van der Waals surface area contributed by atoms with Crippen LogP contribution in [0.4, 0.5) is 0 Å². The molecule has 140 valence electrons. The standard InChI is InChI=1S/C14H15Cl2N5O3S2/c1-5-11(25-20-18-5)13(22)17-7-3-8(15)10(9(16)4-7)24-14(23)12-6(2)19-21-26-12/h7-10H,3-4H2,1-2H3,(H,17,22). The predicted molar refractivity (Wildman–Crippen MR) is 98.3 cm³/mol. The number of amides is 1. The van der Waals surface area contributed by atoms with E-state index in [1.54, 1.807) is 13.8 Å². The largest absolute Gasteiger partial charge is 0.455 e. The minimum Gasteiger partial charge on any atom is -0.455 e. The minimum absolute atomic E-state index is 0.226. The molecule has 1 N–H and O–H groups in total. The fourth-order valence-electron chi connectivity index (χ4n) is 2.69. The molecular weight excluding hydrogens is 421 g/mol. The molecule has 0 saturated heterocycles. The van der Waals surface area contributed by atoms with E-state index >= 15 is 0 Å². The van der Waals surface area contributed by atoms with Gasteiger partial charge in [0.15, 0.2) is 4.88 Å². The summed E-state index contributed by atoms with van der Waals surface area (Å²) in [5.41, 5.74) is 1.08. The summed E-state index contributed by atoms with van der Waals surface area (Å²) in [4.78, 5) is 25.3. The Balaban J connectivity index is 1.60. The van der Waals surface area contributed by atoms with E-state index in [2.05, 4.69) is 24.5 Å². The number of aryl methyl sites for hydroxylation is 2. The van der Waals surface area contributed by atoms with Crippen LogP contribution in [0.15, 0.2) is 0 Å². The van der Waals surface area contributed by atoms with Crippen molar-refractivity contribution in [1.82, 2.24) is 24.5 Å². The Morgan fingerprint density at radius 2 is 1.58 bits per heavy atom. The maximum absolute atomic E-state index is 12.3. The van der Waals surface area contributed by atoms with E-state index in [4.69, 9.17) is 27.9 Å². The van der Waals surface area contributed by atoms with Gasteiger partial charge in [0.2, 0.25) is 0 Å². The molecule has 1 aliphatic carbocycles. The van der Waals surface area contributed by atoms with Crippen LogP contribution < -0.4 is 5.32 Å². The van der Waals surface area contributed by atoms with E-state index in [0.29, 0.717) is 34.0 Å². The summed E-state index contributed by atoms with van der Waals surface area (Å²) in [5.74, 6) is -0.787. The molecule has 12 heteroatoms. The van der Waals surface area contributed by atoms with Crippen molar-refractivity contribution in [2.24, 2.45) is 0 Å². The number of ether oxygens (including phenoxy) is 1. The lowest BCUT2D eigenvalue weighted by molar-refractivity contribution is 0.0214. The number of carbonyl (C=O) groups excluding carboxylic acids is 2. The van der Waals surface area contributed by atoms with E-state index in [-0.39, 0.29) is 11.9 Å². The first-order chi connectivity index (χ1) is 12.4. The van der Waals surface area contributed by atoms with Crippen LogP contribution in [-0.4, -0.2) is 54.0 Å². The highest BCUT2D eigenvalue weighted by atomic mass is 35.5. The molecule has 2 aromatic heterocycles. The maximum Gasteiger partial charge on any atom is 0.352 e. The number of nitrogens with one attached hydrogen (secondary N) is 1. The van der Waals surface area contributed by atoms with Gasteiger partial charge in [-0.25, -0.2) is 4.79 Å². The Bertz CT molecular complexity index is 802. The Morgan fingerprint density at radius 3 is 2.08 bits per heavy atom. The molecule has 2 atom stereocenters. The summed E-state index contributed by atoms with van der Waals surface area (Å²) in [7, 11) is 0. The molecule has 1 fully saturated rings. The number of hydrogen-bond donors (Lipinski definition) is 1. The molecule has 0 spiro atoms. The fourth-order valence-corrected chi connectivity index (χ4v) is 4.75. The van der Waals surface area contributed by atoms with Gasteiger partial charge in [0.1, 0.15) is 11.0 Å². The van der Waals surface area contributed by atoms with Crippen molar-refractivity contribution in [3.8, 4) is 0 Å². The van der Waals surface area contributed by atoms with Gasteiger partial charge in [-0.3, -0.25) is 4.79 Å². The number of rotatable bonds is 4. The molecule has 2 aromatic rings. The molecule has 8 nitrogen and oxygen atoms in total. The van der Waals surface area contributed by atoms with Gasteiger partial charge < -0.3 is 10.1 Å². The quantitative estimate of drug-likeness (QED) is 0.579. The van der Waals surface area contributed by atoms with Gasteiger partial charge >= 0.3 is 5.97 Å². The summed E-state index contributed by atoms with van der Waals surface area (Å²) in [6.07, 6.45) is 0.201. The molecule has 0 aromatic carbocycles. The third-order valence-electron chi connectivity index (χ3n) is 4.01.